The molecule has 3 aromatic rings. The molecule has 2 aromatic carbocycles. The van der Waals surface area contributed by atoms with Crippen LogP contribution in [0.4, 0.5) is 5.69 Å². The van der Waals surface area contributed by atoms with E-state index in [0.29, 0.717) is 37.1 Å². The van der Waals surface area contributed by atoms with E-state index in [1.54, 1.807) is 12.3 Å². The Labute approximate surface area is 227 Å². The number of benzene rings is 2. The van der Waals surface area contributed by atoms with E-state index in [0.717, 1.165) is 28.7 Å². The number of anilines is 1. The molecule has 1 unspecified atom stereocenters. The van der Waals surface area contributed by atoms with Crippen LogP contribution in [0, 0.1) is 0 Å². The van der Waals surface area contributed by atoms with Gasteiger partial charge in [0.1, 0.15) is 12.3 Å². The van der Waals surface area contributed by atoms with Gasteiger partial charge in [0.15, 0.2) is 0 Å². The number of fused-ring (bicyclic) bond motifs is 1. The maximum absolute atomic E-state index is 13.1. The van der Waals surface area contributed by atoms with Gasteiger partial charge in [0.25, 0.3) is 5.91 Å². The lowest BCUT2D eigenvalue weighted by molar-refractivity contribution is -0.125. The van der Waals surface area contributed by atoms with Crippen LogP contribution in [-0.4, -0.2) is 53.0 Å². The van der Waals surface area contributed by atoms with Crippen LogP contribution in [0.3, 0.4) is 0 Å². The molecule has 0 saturated heterocycles. The number of nitrogens with one attached hydrogen (secondary N) is 2. The number of hydrogen-bond acceptors (Lipinski definition) is 6. The van der Waals surface area contributed by atoms with E-state index in [4.69, 9.17) is 5.73 Å². The molecule has 9 nitrogen and oxygen atoms in total. The van der Waals surface area contributed by atoms with E-state index in [1.165, 1.54) is 11.9 Å². The third-order valence-electron chi connectivity index (χ3n) is 7.00. The fourth-order valence-electron chi connectivity index (χ4n) is 4.93. The van der Waals surface area contributed by atoms with Crippen molar-refractivity contribution in [2.24, 2.45) is 5.73 Å². The van der Waals surface area contributed by atoms with Gasteiger partial charge in [-0.1, -0.05) is 36.4 Å². The molecule has 2 atom stereocenters. The van der Waals surface area contributed by atoms with Crippen LogP contribution in [-0.2, 0) is 27.3 Å². The molecule has 0 radical (unpaired) electrons. The first-order chi connectivity index (χ1) is 18.9. The summed E-state index contributed by atoms with van der Waals surface area (Å²) in [6.45, 7) is 0.304. The van der Waals surface area contributed by atoms with E-state index in [9.17, 15) is 19.2 Å². The van der Waals surface area contributed by atoms with Crippen LogP contribution in [0.5, 0.6) is 0 Å². The highest BCUT2D eigenvalue weighted by Gasteiger charge is 2.36. The number of nitrogens with zero attached hydrogens (tertiary/aromatic N) is 2. The molecule has 0 spiro atoms. The number of para-hydroxylation sites is 1. The summed E-state index contributed by atoms with van der Waals surface area (Å²) < 4.78 is 0. The van der Waals surface area contributed by atoms with Crippen molar-refractivity contribution in [2.75, 3.05) is 12.4 Å². The monoisotopic (exact) mass is 527 g/mol. The zero-order chi connectivity index (χ0) is 27.8. The molecule has 4 N–H and O–H groups in total. The standard InChI is InChI=1S/C30H33N5O4/c1-32-29(38)27(16-8-18-36)35-19-23-20(9-6-12-21(23)30(35)39)10-7-13-24(31)28(37)34-26-15-3-2-11-22(26)25-14-4-5-17-33-25/h2-6,9,11-12,14-15,17-18,24,27H,7-8,10,13,16,19,31H2,1H3,(H,32,38)(H,34,37)/t24-,27?/m0/s1. The number of pyridine rings is 1. The topological polar surface area (TPSA) is 134 Å². The van der Waals surface area contributed by atoms with Crippen LogP contribution in [0.25, 0.3) is 11.3 Å². The van der Waals surface area contributed by atoms with Gasteiger partial charge in [-0.2, -0.15) is 0 Å². The molecule has 1 aromatic heterocycles. The lowest BCUT2D eigenvalue weighted by Crippen LogP contribution is -2.46. The van der Waals surface area contributed by atoms with Gasteiger partial charge in [-0.15, -0.1) is 0 Å². The first kappa shape index (κ1) is 27.7. The average Bonchev–Trinajstić information content (AvgIpc) is 3.30. The van der Waals surface area contributed by atoms with E-state index in [-0.39, 0.29) is 30.6 Å². The Morgan fingerprint density at radius 3 is 2.54 bits per heavy atom. The molecular formula is C30H33N5O4. The fraction of sp³-hybridized carbons (Fsp3) is 0.300. The van der Waals surface area contributed by atoms with Crippen molar-refractivity contribution in [3.8, 4) is 11.3 Å². The number of carbonyl (C=O) groups is 4. The summed E-state index contributed by atoms with van der Waals surface area (Å²) in [5, 5.41) is 5.53. The molecule has 3 amide bonds. The van der Waals surface area contributed by atoms with Crippen LogP contribution in [0.2, 0.25) is 0 Å². The van der Waals surface area contributed by atoms with Gasteiger partial charge in [-0.05, 0) is 61.1 Å². The number of hydrogen-bond donors (Lipinski definition) is 3. The lowest BCUT2D eigenvalue weighted by Gasteiger charge is -2.25. The van der Waals surface area contributed by atoms with Crippen molar-refractivity contribution >= 4 is 29.7 Å². The summed E-state index contributed by atoms with van der Waals surface area (Å²) in [6.07, 6.45) is 4.66. The highest BCUT2D eigenvalue weighted by molar-refractivity contribution is 6.01. The van der Waals surface area contributed by atoms with Gasteiger partial charge in [-0.25, -0.2) is 0 Å². The largest absolute Gasteiger partial charge is 0.357 e. The number of likely N-dealkylation sites (N-methyl/N-ethyl adjacent to an activating group) is 1. The smallest absolute Gasteiger partial charge is 0.255 e. The van der Waals surface area contributed by atoms with Gasteiger partial charge < -0.3 is 26.1 Å². The molecule has 0 aliphatic carbocycles. The van der Waals surface area contributed by atoms with Crippen LogP contribution in [0.1, 0.15) is 47.2 Å². The molecule has 0 saturated carbocycles. The Balaban J connectivity index is 1.38. The molecular weight excluding hydrogens is 494 g/mol. The van der Waals surface area contributed by atoms with Crippen LogP contribution < -0.4 is 16.4 Å². The number of aromatic nitrogens is 1. The Morgan fingerprint density at radius 1 is 1.03 bits per heavy atom. The predicted molar refractivity (Wildman–Crippen MR) is 149 cm³/mol. The fourth-order valence-corrected chi connectivity index (χ4v) is 4.93. The molecule has 0 bridgehead atoms. The van der Waals surface area contributed by atoms with Crippen molar-refractivity contribution in [3.63, 3.8) is 0 Å². The molecule has 9 heteroatoms. The number of carbonyl (C=O) groups excluding carboxylic acids is 4. The predicted octanol–water partition coefficient (Wildman–Crippen LogP) is 3.09. The number of rotatable bonds is 12. The number of aldehydes is 1. The summed E-state index contributed by atoms with van der Waals surface area (Å²) >= 11 is 0. The second-order valence-corrected chi connectivity index (χ2v) is 9.50. The van der Waals surface area contributed by atoms with Crippen molar-refractivity contribution in [1.82, 2.24) is 15.2 Å². The van der Waals surface area contributed by atoms with Crippen molar-refractivity contribution in [3.05, 3.63) is 83.6 Å². The van der Waals surface area contributed by atoms with E-state index in [1.807, 2.05) is 54.6 Å². The molecule has 0 fully saturated rings. The maximum atomic E-state index is 13.1. The molecule has 1 aliphatic rings. The highest BCUT2D eigenvalue weighted by atomic mass is 16.2. The van der Waals surface area contributed by atoms with Crippen LogP contribution in [0.15, 0.2) is 66.9 Å². The minimum Gasteiger partial charge on any atom is -0.357 e. The maximum Gasteiger partial charge on any atom is 0.255 e. The third kappa shape index (κ3) is 6.38. The summed E-state index contributed by atoms with van der Waals surface area (Å²) in [5.74, 6) is -0.781. The van der Waals surface area contributed by atoms with Gasteiger partial charge in [-0.3, -0.25) is 19.4 Å². The molecule has 2 heterocycles. The second-order valence-electron chi connectivity index (χ2n) is 9.50. The van der Waals surface area contributed by atoms with Gasteiger partial charge in [0.05, 0.1) is 17.4 Å². The third-order valence-corrected chi connectivity index (χ3v) is 7.00. The Bertz CT molecular complexity index is 1340. The SMILES string of the molecule is CNC(=O)C(CCC=O)N1Cc2c(CCC[C@H](N)C(=O)Nc3ccccc3-c3ccccn3)cccc2C1=O. The zero-order valence-electron chi connectivity index (χ0n) is 21.9. The minimum absolute atomic E-state index is 0.192. The van der Waals surface area contributed by atoms with E-state index in [2.05, 4.69) is 15.6 Å². The first-order valence-corrected chi connectivity index (χ1v) is 13.1. The van der Waals surface area contributed by atoms with Gasteiger partial charge in [0, 0.05) is 37.3 Å². The van der Waals surface area contributed by atoms with Crippen molar-refractivity contribution in [1.29, 1.82) is 0 Å². The Kier molecular flexibility index (Phi) is 9.17. The molecule has 1 aliphatic heterocycles. The molecule has 202 valence electrons. The minimum atomic E-state index is -0.711. The normalized spacial score (nSPS) is 13.9. The molecule has 4 rings (SSSR count). The lowest BCUT2D eigenvalue weighted by atomic mass is 9.97. The molecule has 39 heavy (non-hydrogen) atoms. The highest BCUT2D eigenvalue weighted by Crippen LogP contribution is 2.30. The van der Waals surface area contributed by atoms with E-state index >= 15 is 0 Å². The van der Waals surface area contributed by atoms with Gasteiger partial charge in [0.2, 0.25) is 11.8 Å². The summed E-state index contributed by atoms with van der Waals surface area (Å²) in [6, 6.07) is 17.2. The Hall–Kier alpha value is -4.37. The van der Waals surface area contributed by atoms with Crippen molar-refractivity contribution in [2.45, 2.75) is 50.7 Å². The van der Waals surface area contributed by atoms with Gasteiger partial charge >= 0.3 is 0 Å². The quantitative estimate of drug-likeness (QED) is 0.310. The summed E-state index contributed by atoms with van der Waals surface area (Å²) in [4.78, 5) is 55.3. The van der Waals surface area contributed by atoms with E-state index < -0.39 is 12.1 Å². The average molecular weight is 528 g/mol. The number of nitrogens with two attached hydrogens (primary N) is 1. The first-order valence-electron chi connectivity index (χ1n) is 13.1. The number of aryl methyl sites for hydroxylation is 1. The summed E-state index contributed by atoms with van der Waals surface area (Å²) in [5.41, 5.74) is 10.9. The second kappa shape index (κ2) is 12.9. The van der Waals surface area contributed by atoms with Crippen molar-refractivity contribution < 1.29 is 19.2 Å². The Morgan fingerprint density at radius 2 is 1.79 bits per heavy atom. The van der Waals surface area contributed by atoms with Crippen LogP contribution >= 0.6 is 0 Å². The number of amides is 3. The zero-order valence-corrected chi connectivity index (χ0v) is 21.9. The summed E-state index contributed by atoms with van der Waals surface area (Å²) in [7, 11) is 1.52.